The van der Waals surface area contributed by atoms with E-state index in [9.17, 15) is 9.90 Å². The van der Waals surface area contributed by atoms with E-state index in [0.717, 1.165) is 51.1 Å². The molecule has 0 bridgehead atoms. The Bertz CT molecular complexity index is 636. The fourth-order valence-corrected chi connectivity index (χ4v) is 4.40. The van der Waals surface area contributed by atoms with Crippen LogP contribution in [0.15, 0.2) is 18.3 Å². The highest BCUT2D eigenvalue weighted by molar-refractivity contribution is 5.74. The Morgan fingerprint density at radius 2 is 2.04 bits per heavy atom. The van der Waals surface area contributed by atoms with Gasteiger partial charge in [0, 0.05) is 26.2 Å². The molecule has 138 valence electrons. The van der Waals surface area contributed by atoms with Crippen LogP contribution < -0.4 is 0 Å². The number of aryl methyl sites for hydroxylation is 1. The molecule has 2 aliphatic heterocycles. The second-order valence-electron chi connectivity index (χ2n) is 8.52. The van der Waals surface area contributed by atoms with Crippen molar-refractivity contribution in [2.75, 3.05) is 19.6 Å². The third-order valence-electron chi connectivity index (χ3n) is 6.42. The van der Waals surface area contributed by atoms with E-state index in [-0.39, 0.29) is 11.3 Å². The van der Waals surface area contributed by atoms with Crippen LogP contribution in [0.2, 0.25) is 0 Å². The highest BCUT2D eigenvalue weighted by Gasteiger charge is 2.50. The number of hydrogen-bond donors (Lipinski definition) is 1. The summed E-state index contributed by atoms with van der Waals surface area (Å²) >= 11 is 0. The smallest absolute Gasteiger partial charge is 0.219 e. The normalized spacial score (nSPS) is 26.0. The molecule has 5 heteroatoms. The van der Waals surface area contributed by atoms with E-state index in [4.69, 9.17) is 0 Å². The Labute approximate surface area is 151 Å². The molecule has 1 aromatic rings. The number of likely N-dealkylation sites (tertiary alicyclic amines) is 2. The van der Waals surface area contributed by atoms with Gasteiger partial charge in [0.15, 0.2) is 0 Å². The molecule has 0 saturated carbocycles. The molecule has 1 aromatic heterocycles. The van der Waals surface area contributed by atoms with Gasteiger partial charge in [-0.2, -0.15) is 0 Å². The van der Waals surface area contributed by atoms with Gasteiger partial charge in [-0.1, -0.05) is 6.07 Å². The lowest BCUT2D eigenvalue weighted by molar-refractivity contribution is -0.157. The predicted molar refractivity (Wildman–Crippen MR) is 98.0 cm³/mol. The molecule has 2 aliphatic rings. The Morgan fingerprint density at radius 3 is 2.64 bits per heavy atom. The van der Waals surface area contributed by atoms with Gasteiger partial charge in [-0.05, 0) is 70.2 Å². The van der Waals surface area contributed by atoms with Gasteiger partial charge in [-0.3, -0.25) is 14.7 Å². The van der Waals surface area contributed by atoms with Crippen molar-refractivity contribution in [3.05, 3.63) is 29.6 Å². The molecule has 0 radical (unpaired) electrons. The van der Waals surface area contributed by atoms with Crippen LogP contribution in [0.1, 0.15) is 51.3 Å². The summed E-state index contributed by atoms with van der Waals surface area (Å²) < 4.78 is 0. The van der Waals surface area contributed by atoms with Crippen molar-refractivity contribution in [1.82, 2.24) is 14.8 Å². The van der Waals surface area contributed by atoms with Crippen LogP contribution in [-0.4, -0.2) is 57.1 Å². The van der Waals surface area contributed by atoms with E-state index in [1.165, 1.54) is 5.56 Å². The second-order valence-corrected chi connectivity index (χ2v) is 8.52. The zero-order valence-corrected chi connectivity index (χ0v) is 16.0. The first-order chi connectivity index (χ1) is 11.7. The average molecular weight is 345 g/mol. The van der Waals surface area contributed by atoms with Gasteiger partial charge >= 0.3 is 0 Å². The standard InChI is InChI=1S/C20H31N3O2/c1-15-6-5-9-21-17(15)13-22-10-7-20(8-11-22)12-18(25)19(3,4)23(14-20)16(2)24/h5-6,9,18,25H,7-8,10-14H2,1-4H3/t18-/m1/s1. The van der Waals surface area contributed by atoms with Crippen LogP contribution in [0.3, 0.4) is 0 Å². The topological polar surface area (TPSA) is 56.7 Å². The summed E-state index contributed by atoms with van der Waals surface area (Å²) in [6.07, 6.45) is 4.24. The molecule has 1 spiro atoms. The molecular formula is C20H31N3O2. The SMILES string of the molecule is CC(=O)N1CC2(CCN(Cc3ncccc3C)CC2)C[C@@H](O)C1(C)C. The fourth-order valence-electron chi connectivity index (χ4n) is 4.40. The summed E-state index contributed by atoms with van der Waals surface area (Å²) in [4.78, 5) is 21.0. The number of aliphatic hydroxyl groups excluding tert-OH is 1. The number of piperidine rings is 2. The molecule has 0 aliphatic carbocycles. The van der Waals surface area contributed by atoms with Gasteiger partial charge in [0.1, 0.15) is 0 Å². The first-order valence-corrected chi connectivity index (χ1v) is 9.33. The minimum Gasteiger partial charge on any atom is -0.391 e. The zero-order valence-electron chi connectivity index (χ0n) is 16.0. The number of aliphatic hydroxyl groups is 1. The highest BCUT2D eigenvalue weighted by Crippen LogP contribution is 2.45. The molecule has 0 unspecified atom stereocenters. The van der Waals surface area contributed by atoms with Crippen molar-refractivity contribution in [3.63, 3.8) is 0 Å². The molecule has 3 heterocycles. The summed E-state index contributed by atoms with van der Waals surface area (Å²) in [7, 11) is 0. The van der Waals surface area contributed by atoms with Crippen molar-refractivity contribution in [2.45, 2.75) is 65.1 Å². The molecule has 1 atom stereocenters. The molecule has 25 heavy (non-hydrogen) atoms. The van der Waals surface area contributed by atoms with Gasteiger partial charge in [-0.25, -0.2) is 0 Å². The summed E-state index contributed by atoms with van der Waals surface area (Å²) in [6, 6.07) is 4.09. The van der Waals surface area contributed by atoms with Gasteiger partial charge in [0.2, 0.25) is 5.91 Å². The Kier molecular flexibility index (Phi) is 4.91. The summed E-state index contributed by atoms with van der Waals surface area (Å²) in [5, 5.41) is 10.7. The minimum absolute atomic E-state index is 0.0519. The van der Waals surface area contributed by atoms with Gasteiger partial charge in [0.25, 0.3) is 0 Å². The lowest BCUT2D eigenvalue weighted by Crippen LogP contribution is -2.64. The fraction of sp³-hybridized carbons (Fsp3) is 0.700. The first-order valence-electron chi connectivity index (χ1n) is 9.33. The highest BCUT2D eigenvalue weighted by atomic mass is 16.3. The van der Waals surface area contributed by atoms with Crippen LogP contribution in [0.25, 0.3) is 0 Å². The van der Waals surface area contributed by atoms with E-state index in [2.05, 4.69) is 22.9 Å². The number of aromatic nitrogens is 1. The maximum absolute atomic E-state index is 12.1. The van der Waals surface area contributed by atoms with Crippen molar-refractivity contribution >= 4 is 5.91 Å². The van der Waals surface area contributed by atoms with Gasteiger partial charge in [0.05, 0.1) is 17.3 Å². The molecule has 5 nitrogen and oxygen atoms in total. The minimum atomic E-state index is -0.473. The van der Waals surface area contributed by atoms with Crippen LogP contribution in [0.4, 0.5) is 0 Å². The molecular weight excluding hydrogens is 314 g/mol. The van der Waals surface area contributed by atoms with Crippen molar-refractivity contribution in [3.8, 4) is 0 Å². The van der Waals surface area contributed by atoms with E-state index in [0.29, 0.717) is 0 Å². The van der Waals surface area contributed by atoms with Gasteiger partial charge < -0.3 is 10.0 Å². The largest absolute Gasteiger partial charge is 0.391 e. The first kappa shape index (κ1) is 18.3. The Balaban J connectivity index is 1.67. The number of rotatable bonds is 2. The number of pyridine rings is 1. The van der Waals surface area contributed by atoms with Crippen LogP contribution in [0.5, 0.6) is 0 Å². The van der Waals surface area contributed by atoms with Crippen molar-refractivity contribution in [1.29, 1.82) is 0 Å². The third-order valence-corrected chi connectivity index (χ3v) is 6.42. The zero-order chi connectivity index (χ0) is 18.2. The summed E-state index contributed by atoms with van der Waals surface area (Å²) in [5.74, 6) is 0.0645. The quantitative estimate of drug-likeness (QED) is 0.894. The van der Waals surface area contributed by atoms with E-state index in [1.807, 2.05) is 31.0 Å². The third kappa shape index (κ3) is 3.58. The van der Waals surface area contributed by atoms with Crippen LogP contribution in [-0.2, 0) is 11.3 Å². The Hall–Kier alpha value is -1.46. The number of hydrogen-bond acceptors (Lipinski definition) is 4. The molecule has 3 rings (SSSR count). The number of amides is 1. The monoisotopic (exact) mass is 345 g/mol. The Morgan fingerprint density at radius 1 is 1.36 bits per heavy atom. The molecule has 2 fully saturated rings. The van der Waals surface area contributed by atoms with Gasteiger partial charge in [-0.15, -0.1) is 0 Å². The number of carbonyl (C=O) groups excluding carboxylic acids is 1. The second kappa shape index (κ2) is 6.69. The number of carbonyl (C=O) groups is 1. The maximum Gasteiger partial charge on any atom is 0.219 e. The van der Waals surface area contributed by atoms with E-state index >= 15 is 0 Å². The summed E-state index contributed by atoms with van der Waals surface area (Å²) in [5.41, 5.74) is 1.96. The average Bonchev–Trinajstić information content (AvgIpc) is 2.55. The van der Waals surface area contributed by atoms with Crippen LogP contribution in [0, 0.1) is 12.3 Å². The predicted octanol–water partition coefficient (Wildman–Crippen LogP) is 2.36. The summed E-state index contributed by atoms with van der Waals surface area (Å²) in [6.45, 7) is 11.3. The molecule has 1 N–H and O–H groups in total. The van der Waals surface area contributed by atoms with E-state index in [1.54, 1.807) is 6.92 Å². The van der Waals surface area contributed by atoms with Crippen molar-refractivity contribution < 1.29 is 9.90 Å². The van der Waals surface area contributed by atoms with Crippen molar-refractivity contribution in [2.24, 2.45) is 5.41 Å². The number of nitrogens with zero attached hydrogens (tertiary/aromatic N) is 3. The lowest BCUT2D eigenvalue weighted by atomic mass is 9.67. The molecule has 2 saturated heterocycles. The molecule has 0 aromatic carbocycles. The lowest BCUT2D eigenvalue weighted by Gasteiger charge is -2.55. The molecule has 1 amide bonds. The van der Waals surface area contributed by atoms with E-state index < -0.39 is 11.6 Å². The van der Waals surface area contributed by atoms with Crippen LogP contribution >= 0.6 is 0 Å². The maximum atomic E-state index is 12.1.